The van der Waals surface area contributed by atoms with Crippen LogP contribution in [0.3, 0.4) is 0 Å². The van der Waals surface area contributed by atoms with Crippen LogP contribution in [0.1, 0.15) is 39.3 Å². The molecule has 0 bridgehead atoms. The fraction of sp³-hybridized carbons (Fsp3) is 0.524. The lowest BCUT2D eigenvalue weighted by molar-refractivity contribution is -0.180. The van der Waals surface area contributed by atoms with E-state index < -0.39 is 58.5 Å². The van der Waals surface area contributed by atoms with E-state index in [0.717, 1.165) is 0 Å². The van der Waals surface area contributed by atoms with Crippen molar-refractivity contribution in [3.05, 3.63) is 29.8 Å². The van der Waals surface area contributed by atoms with E-state index in [1.165, 1.54) is 47.9 Å². The summed E-state index contributed by atoms with van der Waals surface area (Å²) in [5, 5.41) is 11.6. The lowest BCUT2D eigenvalue weighted by Crippen LogP contribution is -2.71. The maximum Gasteiger partial charge on any atom is 0.511 e. The van der Waals surface area contributed by atoms with E-state index in [1.54, 1.807) is 20.8 Å². The second kappa shape index (κ2) is 9.48. The molecule has 2 amide bonds. The number of thioether (sulfide) groups is 1. The van der Waals surface area contributed by atoms with E-state index in [0.29, 0.717) is 5.56 Å². The summed E-state index contributed by atoms with van der Waals surface area (Å²) in [7, 11) is 0. The van der Waals surface area contributed by atoms with Crippen LogP contribution in [0.4, 0.5) is 4.79 Å². The number of hydrogen-bond donors (Lipinski definition) is 3. The van der Waals surface area contributed by atoms with E-state index >= 15 is 0 Å². The van der Waals surface area contributed by atoms with Gasteiger partial charge in [0, 0.05) is 11.7 Å². The highest BCUT2D eigenvalue weighted by atomic mass is 32.2. The number of fused-ring (bicyclic) bond motifs is 1. The van der Waals surface area contributed by atoms with Gasteiger partial charge in [-0.2, -0.15) is 0 Å². The number of nitrogens with one attached hydrogen (secondary N) is 1. The number of phenols is 1. The number of β-lactam (4-membered cyclic amide) rings is 1. The number of amides is 2. The molecule has 33 heavy (non-hydrogen) atoms. The van der Waals surface area contributed by atoms with Crippen molar-refractivity contribution in [3.8, 4) is 5.75 Å². The second-order valence-electron chi connectivity index (χ2n) is 8.12. The average molecular weight is 482 g/mol. The maximum absolute atomic E-state index is 12.8. The van der Waals surface area contributed by atoms with Crippen LogP contribution in [0.2, 0.25) is 0 Å². The first-order valence-electron chi connectivity index (χ1n) is 10.3. The van der Waals surface area contributed by atoms with Crippen molar-refractivity contribution >= 4 is 35.7 Å². The number of phenolic OH excluding ortho intramolecular Hbond substituents is 1. The van der Waals surface area contributed by atoms with Gasteiger partial charge in [-0.15, -0.1) is 11.8 Å². The predicted molar refractivity (Wildman–Crippen MR) is 117 cm³/mol. The van der Waals surface area contributed by atoms with Crippen molar-refractivity contribution in [2.45, 2.75) is 62.2 Å². The molecule has 0 spiro atoms. The molecule has 0 saturated carbocycles. The number of ether oxygens (including phenoxy) is 3. The largest absolute Gasteiger partial charge is 0.511 e. The molecule has 4 N–H and O–H groups in total. The van der Waals surface area contributed by atoms with Crippen molar-refractivity contribution < 1.29 is 38.5 Å². The summed E-state index contributed by atoms with van der Waals surface area (Å²) < 4.78 is 14.0. The van der Waals surface area contributed by atoms with Gasteiger partial charge in [0.25, 0.3) is 0 Å². The number of hydrogen-bond acceptors (Lipinski definition) is 10. The van der Waals surface area contributed by atoms with E-state index in [-0.39, 0.29) is 12.4 Å². The molecular formula is C21H27N3O8S. The Hall–Kier alpha value is -2.99. The highest BCUT2D eigenvalue weighted by Gasteiger charge is 2.64. The zero-order chi connectivity index (χ0) is 24.5. The third-order valence-corrected chi connectivity index (χ3v) is 6.87. The second-order valence-corrected chi connectivity index (χ2v) is 9.89. The number of nitrogens with zero attached hydrogens (tertiary/aromatic N) is 1. The zero-order valence-corrected chi connectivity index (χ0v) is 19.5. The lowest BCUT2D eigenvalue weighted by atomic mass is 9.95. The third-order valence-electron chi connectivity index (χ3n) is 5.30. The summed E-state index contributed by atoms with van der Waals surface area (Å²) in [4.78, 5) is 51.0. The first kappa shape index (κ1) is 24.6. The van der Waals surface area contributed by atoms with Crippen molar-refractivity contribution in [2.24, 2.45) is 5.73 Å². The molecule has 12 heteroatoms. The molecule has 11 nitrogen and oxygen atoms in total. The molecule has 5 atom stereocenters. The lowest BCUT2D eigenvalue weighted by Gasteiger charge is -2.44. The number of aromatic hydroxyl groups is 1. The average Bonchev–Trinajstić information content (AvgIpc) is 2.99. The van der Waals surface area contributed by atoms with Crippen LogP contribution in [-0.2, 0) is 28.6 Å². The summed E-state index contributed by atoms with van der Waals surface area (Å²) in [6.45, 7) is 6.66. The molecule has 3 rings (SSSR count). The molecule has 0 aromatic heterocycles. The Morgan fingerprint density at radius 1 is 1.24 bits per heavy atom. The summed E-state index contributed by atoms with van der Waals surface area (Å²) in [5.41, 5.74) is 6.47. The summed E-state index contributed by atoms with van der Waals surface area (Å²) in [5.74, 6) is -1.68. The molecule has 2 aliphatic heterocycles. The number of benzene rings is 1. The Bertz CT molecular complexity index is 938. The quantitative estimate of drug-likeness (QED) is 0.291. The van der Waals surface area contributed by atoms with Crippen LogP contribution in [0.25, 0.3) is 0 Å². The number of carbonyl (C=O) groups is 4. The van der Waals surface area contributed by atoms with Crippen molar-refractivity contribution in [3.63, 3.8) is 0 Å². The smallest absolute Gasteiger partial charge is 0.508 e. The van der Waals surface area contributed by atoms with Crippen LogP contribution < -0.4 is 11.1 Å². The molecule has 2 unspecified atom stereocenters. The third kappa shape index (κ3) is 5.01. The van der Waals surface area contributed by atoms with Gasteiger partial charge >= 0.3 is 12.1 Å². The van der Waals surface area contributed by atoms with Crippen LogP contribution in [-0.4, -0.2) is 69.0 Å². The van der Waals surface area contributed by atoms with E-state index in [9.17, 15) is 24.3 Å². The summed E-state index contributed by atoms with van der Waals surface area (Å²) in [6, 6.07) is 3.05. The fourth-order valence-electron chi connectivity index (χ4n) is 3.74. The van der Waals surface area contributed by atoms with Crippen molar-refractivity contribution in [1.29, 1.82) is 0 Å². The van der Waals surface area contributed by atoms with Gasteiger partial charge in [0.2, 0.25) is 18.1 Å². The number of esters is 1. The van der Waals surface area contributed by atoms with Crippen LogP contribution in [0, 0.1) is 0 Å². The van der Waals surface area contributed by atoms with E-state index in [1.807, 2.05) is 0 Å². The molecule has 0 aliphatic carbocycles. The maximum atomic E-state index is 12.8. The van der Waals surface area contributed by atoms with Gasteiger partial charge in [0.1, 0.15) is 29.2 Å². The molecule has 1 aromatic rings. The highest BCUT2D eigenvalue weighted by molar-refractivity contribution is 8.01. The Balaban J connectivity index is 1.63. The first-order valence-corrected chi connectivity index (χ1v) is 11.2. The van der Waals surface area contributed by atoms with Gasteiger partial charge < -0.3 is 35.3 Å². The molecule has 180 valence electrons. The zero-order valence-electron chi connectivity index (χ0n) is 18.6. The van der Waals surface area contributed by atoms with Crippen molar-refractivity contribution in [1.82, 2.24) is 10.2 Å². The van der Waals surface area contributed by atoms with Gasteiger partial charge in [0.15, 0.2) is 0 Å². The van der Waals surface area contributed by atoms with Crippen molar-refractivity contribution in [2.75, 3.05) is 6.61 Å². The fourth-order valence-corrected chi connectivity index (χ4v) is 5.36. The van der Waals surface area contributed by atoms with E-state index in [2.05, 4.69) is 10.1 Å². The highest BCUT2D eigenvalue weighted by Crippen LogP contribution is 2.51. The molecule has 0 radical (unpaired) electrons. The van der Waals surface area contributed by atoms with Gasteiger partial charge in [-0.1, -0.05) is 12.1 Å². The topological polar surface area (TPSA) is 157 Å². The van der Waals surface area contributed by atoms with Gasteiger partial charge in [-0.3, -0.25) is 9.59 Å². The predicted octanol–water partition coefficient (Wildman–Crippen LogP) is 1.00. The standard InChI is InChI=1S/C21H27N3O8S/c1-5-30-20(29)32-10(2)31-19(28)15-21(3,4)33-18-14(17(27)24(15)18)23-16(26)13(22)11-6-8-12(25)9-7-11/h6-10,13-15,18,25H,5,22H2,1-4H3,(H,23,26)/t10?,13-,14?,15+,18-/m1/s1. The molecular weight excluding hydrogens is 454 g/mol. The van der Waals surface area contributed by atoms with Crippen LogP contribution in [0.15, 0.2) is 24.3 Å². The normalized spacial score (nSPS) is 24.7. The van der Waals surface area contributed by atoms with Gasteiger partial charge in [-0.05, 0) is 38.5 Å². The summed E-state index contributed by atoms with van der Waals surface area (Å²) in [6.07, 6.45) is -2.17. The minimum Gasteiger partial charge on any atom is -0.508 e. The number of carbonyl (C=O) groups excluding carboxylic acids is 4. The van der Waals surface area contributed by atoms with E-state index in [4.69, 9.17) is 15.2 Å². The number of rotatable bonds is 7. The number of nitrogens with two attached hydrogens (primary N) is 1. The molecule has 2 fully saturated rings. The molecule has 1 aromatic carbocycles. The molecule has 2 aliphatic rings. The molecule has 2 heterocycles. The van der Waals surface area contributed by atoms with Crippen LogP contribution >= 0.6 is 11.8 Å². The SMILES string of the molecule is CCOC(=O)OC(C)OC(=O)[C@@H]1N2C(=O)C(NC(=O)[C@H](N)c3ccc(O)cc3)[C@H]2SC1(C)C. The van der Waals surface area contributed by atoms with Gasteiger partial charge in [-0.25, -0.2) is 9.59 Å². The monoisotopic (exact) mass is 481 g/mol. The minimum atomic E-state index is -1.20. The summed E-state index contributed by atoms with van der Waals surface area (Å²) >= 11 is 1.35. The Morgan fingerprint density at radius 3 is 2.48 bits per heavy atom. The Labute approximate surface area is 194 Å². The Morgan fingerprint density at radius 2 is 1.88 bits per heavy atom. The van der Waals surface area contributed by atoms with Crippen LogP contribution in [0.5, 0.6) is 5.75 Å². The molecule has 2 saturated heterocycles. The van der Waals surface area contributed by atoms with Gasteiger partial charge in [0.05, 0.1) is 6.61 Å². The Kier molecular flexibility index (Phi) is 7.08. The first-order chi connectivity index (χ1) is 15.5. The minimum absolute atomic E-state index is 0.0423.